The van der Waals surface area contributed by atoms with Gasteiger partial charge in [0.2, 0.25) is 0 Å². The summed E-state index contributed by atoms with van der Waals surface area (Å²) in [5.41, 5.74) is 3.59. The number of hydrogen-bond acceptors (Lipinski definition) is 3. The highest BCUT2D eigenvalue weighted by Gasteiger charge is 2.17. The van der Waals surface area contributed by atoms with Gasteiger partial charge in [-0.25, -0.2) is 4.79 Å². The number of imidazole rings is 1. The van der Waals surface area contributed by atoms with Gasteiger partial charge in [-0.2, -0.15) is 0 Å². The zero-order chi connectivity index (χ0) is 18.6. The summed E-state index contributed by atoms with van der Waals surface area (Å²) in [6.45, 7) is 2.62. The number of nitrogens with one attached hydrogen (secondary N) is 1. The highest BCUT2D eigenvalue weighted by atomic mass is 16.1. The Bertz CT molecular complexity index is 982. The van der Waals surface area contributed by atoms with E-state index >= 15 is 0 Å². The molecule has 1 aliphatic heterocycles. The van der Waals surface area contributed by atoms with Crippen LogP contribution in [0.15, 0.2) is 53.3 Å². The van der Waals surface area contributed by atoms with Crippen LogP contribution in [0.5, 0.6) is 0 Å². The monoisotopic (exact) mass is 363 g/mol. The fourth-order valence-electron chi connectivity index (χ4n) is 3.95. The zero-order valence-electron chi connectivity index (χ0n) is 15.5. The number of anilines is 1. The van der Waals surface area contributed by atoms with Crippen molar-refractivity contribution in [3.05, 3.63) is 64.6 Å². The Morgan fingerprint density at radius 2 is 1.74 bits per heavy atom. The fourth-order valence-corrected chi connectivity index (χ4v) is 3.95. The van der Waals surface area contributed by atoms with Crippen LogP contribution in [-0.2, 0) is 6.54 Å². The SMILES string of the molecule is O=C(CCCn1c(=O)[nH]c2c(N3CCCCC3)cccc21)c1ccccc1. The highest BCUT2D eigenvalue weighted by Crippen LogP contribution is 2.27. The molecular weight excluding hydrogens is 338 g/mol. The number of rotatable bonds is 6. The molecule has 0 atom stereocenters. The van der Waals surface area contributed by atoms with E-state index in [9.17, 15) is 9.59 Å². The number of H-pyrrole nitrogens is 1. The highest BCUT2D eigenvalue weighted by molar-refractivity contribution is 5.96. The van der Waals surface area contributed by atoms with Crippen LogP contribution in [0.4, 0.5) is 5.69 Å². The quantitative estimate of drug-likeness (QED) is 0.674. The molecule has 0 bridgehead atoms. The summed E-state index contributed by atoms with van der Waals surface area (Å²) in [4.78, 5) is 30.2. The smallest absolute Gasteiger partial charge is 0.326 e. The first kappa shape index (κ1) is 17.6. The minimum Gasteiger partial charge on any atom is -0.370 e. The molecule has 5 nitrogen and oxygen atoms in total. The van der Waals surface area contributed by atoms with Crippen molar-refractivity contribution in [1.82, 2.24) is 9.55 Å². The lowest BCUT2D eigenvalue weighted by molar-refractivity contribution is 0.0978. The first-order valence-corrected chi connectivity index (χ1v) is 9.79. The maximum Gasteiger partial charge on any atom is 0.326 e. The molecule has 4 rings (SSSR count). The molecule has 2 heterocycles. The lowest BCUT2D eigenvalue weighted by atomic mass is 10.1. The van der Waals surface area contributed by atoms with Crippen molar-refractivity contribution in [3.8, 4) is 0 Å². The molecule has 1 aliphatic rings. The largest absolute Gasteiger partial charge is 0.370 e. The fraction of sp³-hybridized carbons (Fsp3) is 0.364. The van der Waals surface area contributed by atoms with Crippen molar-refractivity contribution in [2.24, 2.45) is 0 Å². The van der Waals surface area contributed by atoms with E-state index in [0.717, 1.165) is 35.4 Å². The molecule has 1 N–H and O–H groups in total. The van der Waals surface area contributed by atoms with Crippen LogP contribution in [-0.4, -0.2) is 28.4 Å². The van der Waals surface area contributed by atoms with Crippen LogP contribution in [0.1, 0.15) is 42.5 Å². The van der Waals surface area contributed by atoms with Crippen molar-refractivity contribution in [3.63, 3.8) is 0 Å². The van der Waals surface area contributed by atoms with Crippen LogP contribution in [0.2, 0.25) is 0 Å². The number of ketones is 1. The zero-order valence-corrected chi connectivity index (χ0v) is 15.5. The molecule has 0 spiro atoms. The van der Waals surface area contributed by atoms with E-state index < -0.39 is 0 Å². The van der Waals surface area contributed by atoms with Crippen LogP contribution in [0.3, 0.4) is 0 Å². The van der Waals surface area contributed by atoms with E-state index in [4.69, 9.17) is 0 Å². The van der Waals surface area contributed by atoms with Gasteiger partial charge in [0.25, 0.3) is 0 Å². The number of carbonyl (C=O) groups excluding carboxylic acids is 1. The molecule has 0 unspecified atom stereocenters. The summed E-state index contributed by atoms with van der Waals surface area (Å²) in [6.07, 6.45) is 4.76. The predicted molar refractivity (Wildman–Crippen MR) is 109 cm³/mol. The summed E-state index contributed by atoms with van der Waals surface area (Å²) in [5.74, 6) is 0.123. The van der Waals surface area contributed by atoms with Gasteiger partial charge in [-0.3, -0.25) is 9.36 Å². The maximum absolute atomic E-state index is 12.5. The number of nitrogens with zero attached hydrogens (tertiary/aromatic N) is 2. The second kappa shape index (κ2) is 7.82. The first-order valence-electron chi connectivity index (χ1n) is 9.79. The van der Waals surface area contributed by atoms with E-state index in [0.29, 0.717) is 19.4 Å². The van der Waals surface area contributed by atoms with Crippen molar-refractivity contribution >= 4 is 22.5 Å². The average molecular weight is 363 g/mol. The van der Waals surface area contributed by atoms with Gasteiger partial charge in [0, 0.05) is 31.6 Å². The molecular formula is C22H25N3O2. The number of fused-ring (bicyclic) bond motifs is 1. The van der Waals surface area contributed by atoms with Crippen molar-refractivity contribution < 1.29 is 4.79 Å². The molecule has 1 saturated heterocycles. The van der Waals surface area contributed by atoms with E-state index in [1.54, 1.807) is 4.57 Å². The maximum atomic E-state index is 12.5. The second-order valence-electron chi connectivity index (χ2n) is 7.19. The Kier molecular flexibility index (Phi) is 5.10. The first-order chi connectivity index (χ1) is 13.2. The molecule has 0 aliphatic carbocycles. The second-order valence-corrected chi connectivity index (χ2v) is 7.19. The van der Waals surface area contributed by atoms with Gasteiger partial charge >= 0.3 is 5.69 Å². The standard InChI is InChI=1S/C22H25N3O2/c26-20(17-9-3-1-4-10-17)13-8-16-25-19-12-7-11-18(21(19)23-22(25)27)24-14-5-2-6-15-24/h1,3-4,7,9-12H,2,5-6,8,13-16H2,(H,23,27). The normalized spacial score (nSPS) is 14.6. The Hall–Kier alpha value is -2.82. The number of aryl methyl sites for hydroxylation is 1. The molecule has 140 valence electrons. The molecule has 0 radical (unpaired) electrons. The summed E-state index contributed by atoms with van der Waals surface area (Å²) >= 11 is 0. The molecule has 27 heavy (non-hydrogen) atoms. The third-order valence-electron chi connectivity index (χ3n) is 5.37. The average Bonchev–Trinajstić information content (AvgIpc) is 3.04. The van der Waals surface area contributed by atoms with Crippen molar-refractivity contribution in [2.45, 2.75) is 38.6 Å². The lowest BCUT2D eigenvalue weighted by Crippen LogP contribution is -2.29. The van der Waals surface area contributed by atoms with E-state index in [2.05, 4.69) is 16.0 Å². The Morgan fingerprint density at radius 3 is 2.52 bits per heavy atom. The molecule has 5 heteroatoms. The van der Waals surface area contributed by atoms with E-state index in [-0.39, 0.29) is 11.5 Å². The minimum absolute atomic E-state index is 0.0957. The van der Waals surface area contributed by atoms with Crippen LogP contribution in [0, 0.1) is 0 Å². The van der Waals surface area contributed by atoms with Crippen molar-refractivity contribution in [2.75, 3.05) is 18.0 Å². The molecule has 3 aromatic rings. The summed E-state index contributed by atoms with van der Waals surface area (Å²) < 4.78 is 1.76. The molecule has 1 fully saturated rings. The predicted octanol–water partition coefficient (Wildman–Crippen LogP) is 3.98. The van der Waals surface area contributed by atoms with Crippen LogP contribution >= 0.6 is 0 Å². The van der Waals surface area contributed by atoms with E-state index in [1.165, 1.54) is 19.3 Å². The lowest BCUT2D eigenvalue weighted by Gasteiger charge is -2.29. The Labute approximate surface area is 158 Å². The summed E-state index contributed by atoms with van der Waals surface area (Å²) in [5, 5.41) is 0. The number of aromatic nitrogens is 2. The number of Topliss-reactive ketones (excluding diaryl/α,β-unsaturated/α-hetero) is 1. The van der Waals surface area contributed by atoms with Gasteiger partial charge in [-0.05, 0) is 37.8 Å². The van der Waals surface area contributed by atoms with Crippen LogP contribution < -0.4 is 10.6 Å². The van der Waals surface area contributed by atoms with Gasteiger partial charge in [0.15, 0.2) is 5.78 Å². The molecule has 0 saturated carbocycles. The molecule has 1 aromatic heterocycles. The van der Waals surface area contributed by atoms with Gasteiger partial charge in [-0.15, -0.1) is 0 Å². The Balaban J connectivity index is 1.51. The Morgan fingerprint density at radius 1 is 0.963 bits per heavy atom. The number of hydrogen-bond donors (Lipinski definition) is 1. The van der Waals surface area contributed by atoms with Gasteiger partial charge in [0.1, 0.15) is 0 Å². The number of piperidine rings is 1. The number of aromatic amines is 1. The third kappa shape index (κ3) is 3.68. The number of benzene rings is 2. The van der Waals surface area contributed by atoms with Crippen LogP contribution in [0.25, 0.3) is 11.0 Å². The summed E-state index contributed by atoms with van der Waals surface area (Å²) in [7, 11) is 0. The molecule has 2 aromatic carbocycles. The minimum atomic E-state index is -0.0957. The van der Waals surface area contributed by atoms with E-state index in [1.807, 2.05) is 42.5 Å². The number of para-hydroxylation sites is 1. The number of carbonyl (C=O) groups is 1. The summed E-state index contributed by atoms with van der Waals surface area (Å²) in [6, 6.07) is 15.4. The van der Waals surface area contributed by atoms with Gasteiger partial charge in [-0.1, -0.05) is 36.4 Å². The molecule has 0 amide bonds. The van der Waals surface area contributed by atoms with Gasteiger partial charge < -0.3 is 9.88 Å². The van der Waals surface area contributed by atoms with Crippen molar-refractivity contribution in [1.29, 1.82) is 0 Å². The third-order valence-corrected chi connectivity index (χ3v) is 5.37. The van der Waals surface area contributed by atoms with Gasteiger partial charge in [0.05, 0.1) is 16.7 Å². The topological polar surface area (TPSA) is 58.1 Å².